The molecule has 0 heterocycles. The summed E-state index contributed by atoms with van der Waals surface area (Å²) in [4.78, 5) is 36.2. The Morgan fingerprint density at radius 3 is 2.14 bits per heavy atom. The lowest BCUT2D eigenvalue weighted by Gasteiger charge is -2.13. The third kappa shape index (κ3) is 6.41. The van der Waals surface area contributed by atoms with E-state index >= 15 is 0 Å². The van der Waals surface area contributed by atoms with Crippen molar-refractivity contribution >= 4 is 28.9 Å². The van der Waals surface area contributed by atoms with E-state index in [1.165, 1.54) is 26.4 Å². The summed E-state index contributed by atoms with van der Waals surface area (Å²) in [5.41, 5.74) is 0.0573. The van der Waals surface area contributed by atoms with E-state index in [9.17, 15) is 19.7 Å². The number of para-hydroxylation sites is 2. The van der Waals surface area contributed by atoms with E-state index in [4.69, 9.17) is 18.9 Å². The summed E-state index contributed by atoms with van der Waals surface area (Å²) >= 11 is 0. The van der Waals surface area contributed by atoms with Gasteiger partial charge in [-0.25, -0.2) is 0 Å². The molecule has 11 nitrogen and oxygen atoms in total. The molecule has 0 saturated carbocycles. The van der Waals surface area contributed by atoms with Gasteiger partial charge < -0.3 is 29.6 Å². The molecular weight excluding hydrogens is 470 g/mol. The third-order valence-corrected chi connectivity index (χ3v) is 4.86. The predicted molar refractivity (Wildman–Crippen MR) is 132 cm³/mol. The minimum absolute atomic E-state index is 0.139. The van der Waals surface area contributed by atoms with Gasteiger partial charge in [-0.15, -0.1) is 0 Å². The molecule has 0 saturated heterocycles. The number of ether oxygens (including phenoxy) is 4. The van der Waals surface area contributed by atoms with Gasteiger partial charge in [0.05, 0.1) is 31.8 Å². The fourth-order valence-corrected chi connectivity index (χ4v) is 3.26. The summed E-state index contributed by atoms with van der Waals surface area (Å²) in [7, 11) is 2.85. The molecule has 0 aliphatic heterocycles. The monoisotopic (exact) mass is 495 g/mol. The molecule has 2 amide bonds. The Morgan fingerprint density at radius 2 is 1.50 bits per heavy atom. The highest BCUT2D eigenvalue weighted by Crippen LogP contribution is 2.35. The van der Waals surface area contributed by atoms with Crippen molar-refractivity contribution in [2.45, 2.75) is 6.92 Å². The van der Waals surface area contributed by atoms with Crippen LogP contribution in [0.25, 0.3) is 0 Å². The SMILES string of the molecule is CCOc1cc(C(=O)Nc2cccc(NC(=O)COc3ccccc3OC)c2)c([N+](=O)[O-])cc1OC. The van der Waals surface area contributed by atoms with Crippen LogP contribution in [0, 0.1) is 10.1 Å². The first-order chi connectivity index (χ1) is 17.4. The molecule has 188 valence electrons. The number of amides is 2. The molecule has 0 aliphatic rings. The summed E-state index contributed by atoms with van der Waals surface area (Å²) in [6.45, 7) is 1.74. The van der Waals surface area contributed by atoms with E-state index in [1.807, 2.05) is 0 Å². The zero-order chi connectivity index (χ0) is 26.1. The molecule has 0 spiro atoms. The molecule has 3 aromatic rings. The summed E-state index contributed by atoms with van der Waals surface area (Å²) in [6.07, 6.45) is 0. The Bertz CT molecular complexity index is 1260. The number of rotatable bonds is 11. The van der Waals surface area contributed by atoms with Crippen LogP contribution in [0.5, 0.6) is 23.0 Å². The topological polar surface area (TPSA) is 138 Å². The average molecular weight is 495 g/mol. The first-order valence-corrected chi connectivity index (χ1v) is 10.8. The van der Waals surface area contributed by atoms with Crippen LogP contribution < -0.4 is 29.6 Å². The van der Waals surface area contributed by atoms with Gasteiger partial charge in [-0.3, -0.25) is 19.7 Å². The lowest BCUT2D eigenvalue weighted by molar-refractivity contribution is -0.385. The number of hydrogen-bond acceptors (Lipinski definition) is 8. The number of benzene rings is 3. The van der Waals surface area contributed by atoms with Gasteiger partial charge in [-0.2, -0.15) is 0 Å². The van der Waals surface area contributed by atoms with Crippen LogP contribution in [0.15, 0.2) is 60.7 Å². The van der Waals surface area contributed by atoms with Crippen LogP contribution in [0.3, 0.4) is 0 Å². The smallest absolute Gasteiger partial charge is 0.286 e. The zero-order valence-corrected chi connectivity index (χ0v) is 19.9. The fourth-order valence-electron chi connectivity index (χ4n) is 3.26. The standard InChI is InChI=1S/C25H25N3O8/c1-4-35-23-13-18(19(28(31)32)14-22(23)34-3)25(30)27-17-9-7-8-16(12-17)26-24(29)15-36-21-11-6-5-10-20(21)33-2/h5-14H,4,15H2,1-3H3,(H,26,29)(H,27,30). The zero-order valence-electron chi connectivity index (χ0n) is 19.9. The van der Waals surface area contributed by atoms with Crippen molar-refractivity contribution in [3.8, 4) is 23.0 Å². The van der Waals surface area contributed by atoms with E-state index in [-0.39, 0.29) is 30.3 Å². The highest BCUT2D eigenvalue weighted by molar-refractivity contribution is 6.08. The number of carbonyl (C=O) groups is 2. The van der Waals surface area contributed by atoms with Gasteiger partial charge in [-0.1, -0.05) is 18.2 Å². The molecule has 2 N–H and O–H groups in total. The number of nitrogens with one attached hydrogen (secondary N) is 2. The number of methoxy groups -OCH3 is 2. The number of hydrogen-bond donors (Lipinski definition) is 2. The van der Waals surface area contributed by atoms with Crippen molar-refractivity contribution < 1.29 is 33.5 Å². The Balaban J connectivity index is 1.72. The Labute approximate surface area is 207 Å². The minimum atomic E-state index is -0.728. The first kappa shape index (κ1) is 25.8. The Kier molecular flexibility index (Phi) is 8.65. The minimum Gasteiger partial charge on any atom is -0.493 e. The van der Waals surface area contributed by atoms with Gasteiger partial charge in [0.25, 0.3) is 17.5 Å². The third-order valence-electron chi connectivity index (χ3n) is 4.86. The Morgan fingerprint density at radius 1 is 0.833 bits per heavy atom. The summed E-state index contributed by atoms with van der Waals surface area (Å²) in [6, 6.07) is 15.7. The van der Waals surface area contributed by atoms with Crippen LogP contribution in [0.2, 0.25) is 0 Å². The number of carbonyl (C=O) groups excluding carboxylic acids is 2. The predicted octanol–water partition coefficient (Wildman–Crippen LogP) is 4.28. The maximum atomic E-state index is 12.9. The van der Waals surface area contributed by atoms with Gasteiger partial charge >= 0.3 is 0 Å². The van der Waals surface area contributed by atoms with Crippen molar-refractivity contribution in [1.29, 1.82) is 0 Å². The molecule has 36 heavy (non-hydrogen) atoms. The number of nitro benzene ring substituents is 1. The molecule has 3 rings (SSSR count). The number of nitro groups is 1. The van der Waals surface area contributed by atoms with Gasteiger partial charge in [0, 0.05) is 17.4 Å². The lowest BCUT2D eigenvalue weighted by atomic mass is 10.1. The first-order valence-electron chi connectivity index (χ1n) is 10.8. The van der Waals surface area contributed by atoms with Crippen molar-refractivity contribution in [3.05, 3.63) is 76.3 Å². The summed E-state index contributed by atoms with van der Waals surface area (Å²) in [5.74, 6) is 0.0931. The normalized spacial score (nSPS) is 10.2. The lowest BCUT2D eigenvalue weighted by Crippen LogP contribution is -2.20. The molecule has 0 atom stereocenters. The van der Waals surface area contributed by atoms with Crippen LogP contribution in [-0.4, -0.2) is 44.2 Å². The van der Waals surface area contributed by atoms with Crippen molar-refractivity contribution in [3.63, 3.8) is 0 Å². The molecule has 0 radical (unpaired) electrons. The van der Waals surface area contributed by atoms with E-state index in [0.717, 1.165) is 6.07 Å². The van der Waals surface area contributed by atoms with Crippen molar-refractivity contribution in [1.82, 2.24) is 0 Å². The Hall–Kier alpha value is -4.80. The van der Waals surface area contributed by atoms with E-state index in [0.29, 0.717) is 22.9 Å². The summed E-state index contributed by atoms with van der Waals surface area (Å²) in [5, 5.41) is 16.8. The molecule has 11 heteroatoms. The molecule has 0 aromatic heterocycles. The van der Waals surface area contributed by atoms with E-state index in [1.54, 1.807) is 49.4 Å². The molecule has 0 aliphatic carbocycles. The number of anilines is 2. The van der Waals surface area contributed by atoms with Crippen molar-refractivity contribution in [2.75, 3.05) is 38.1 Å². The summed E-state index contributed by atoms with van der Waals surface area (Å²) < 4.78 is 21.3. The van der Waals surface area contributed by atoms with E-state index in [2.05, 4.69) is 10.6 Å². The highest BCUT2D eigenvalue weighted by atomic mass is 16.6. The maximum Gasteiger partial charge on any atom is 0.286 e. The molecule has 0 unspecified atom stereocenters. The highest BCUT2D eigenvalue weighted by Gasteiger charge is 2.25. The van der Waals surface area contributed by atoms with Gasteiger partial charge in [-0.05, 0) is 37.3 Å². The van der Waals surface area contributed by atoms with Gasteiger partial charge in [0.15, 0.2) is 29.6 Å². The second-order valence-electron chi connectivity index (χ2n) is 7.23. The molecule has 0 bridgehead atoms. The maximum absolute atomic E-state index is 12.9. The molecule has 0 fully saturated rings. The molecular formula is C25H25N3O8. The second-order valence-corrected chi connectivity index (χ2v) is 7.23. The average Bonchev–Trinajstić information content (AvgIpc) is 2.87. The fraction of sp³-hybridized carbons (Fsp3) is 0.200. The largest absolute Gasteiger partial charge is 0.493 e. The van der Waals surface area contributed by atoms with Gasteiger partial charge in [0.1, 0.15) is 5.56 Å². The second kappa shape index (κ2) is 12.1. The van der Waals surface area contributed by atoms with E-state index < -0.39 is 22.4 Å². The van der Waals surface area contributed by atoms with Crippen LogP contribution >= 0.6 is 0 Å². The quantitative estimate of drug-likeness (QED) is 0.297. The van der Waals surface area contributed by atoms with Crippen molar-refractivity contribution in [2.24, 2.45) is 0 Å². The van der Waals surface area contributed by atoms with Crippen LogP contribution in [0.4, 0.5) is 17.1 Å². The molecule has 3 aromatic carbocycles. The van der Waals surface area contributed by atoms with Crippen LogP contribution in [0.1, 0.15) is 17.3 Å². The van der Waals surface area contributed by atoms with Gasteiger partial charge in [0.2, 0.25) is 0 Å². The number of nitrogens with zero attached hydrogens (tertiary/aromatic N) is 1. The van der Waals surface area contributed by atoms with Crippen LogP contribution in [-0.2, 0) is 4.79 Å².